The van der Waals surface area contributed by atoms with E-state index >= 15 is 0 Å². The van der Waals surface area contributed by atoms with E-state index in [0.717, 1.165) is 16.6 Å². The molecule has 1 aliphatic heterocycles. The second kappa shape index (κ2) is 9.18. The molecule has 1 saturated heterocycles. The van der Waals surface area contributed by atoms with Crippen molar-refractivity contribution >= 4 is 33.6 Å². The van der Waals surface area contributed by atoms with Crippen LogP contribution in [0.2, 0.25) is 0 Å². The largest absolute Gasteiger partial charge is 0.495 e. The first-order valence-electron chi connectivity index (χ1n) is 11.7. The third-order valence-corrected chi connectivity index (χ3v) is 8.82. The molecule has 4 aromatic rings. The molecule has 3 heterocycles. The topological polar surface area (TPSA) is 70.4 Å². The maximum atomic E-state index is 13.9. The summed E-state index contributed by atoms with van der Waals surface area (Å²) in [5.41, 5.74) is 2.72. The van der Waals surface area contributed by atoms with Crippen LogP contribution in [0.5, 0.6) is 0 Å². The van der Waals surface area contributed by atoms with Crippen LogP contribution in [-0.4, -0.2) is 35.7 Å². The van der Waals surface area contributed by atoms with Crippen LogP contribution in [0.3, 0.4) is 0 Å². The smallest absolute Gasteiger partial charge is 0.399 e. The van der Waals surface area contributed by atoms with Crippen LogP contribution in [0.4, 0.5) is 0 Å². The summed E-state index contributed by atoms with van der Waals surface area (Å²) < 4.78 is 41.8. The standard InChI is InChI=1S/C27H29BN2O4S.CH4/c1-19-11-13-22(14-12-19)35(31,32)30-21(17-20-9-7-6-8-10-20)18-23-24(15-16-29-25(23)30)28-33-26(2,3)27(4,5)34-28;/h6-16,18H,17H2,1-5H3;1H4. The highest BCUT2D eigenvalue weighted by Gasteiger charge is 2.52. The van der Waals surface area contributed by atoms with Crippen LogP contribution in [0, 0.1) is 6.92 Å². The Bertz CT molecular complexity index is 1480. The molecule has 0 amide bonds. The van der Waals surface area contributed by atoms with Crippen molar-refractivity contribution in [3.63, 3.8) is 0 Å². The van der Waals surface area contributed by atoms with E-state index in [4.69, 9.17) is 9.31 Å². The summed E-state index contributed by atoms with van der Waals surface area (Å²) in [6.45, 7) is 9.93. The van der Waals surface area contributed by atoms with Crippen molar-refractivity contribution in [2.24, 2.45) is 0 Å². The minimum absolute atomic E-state index is 0. The van der Waals surface area contributed by atoms with Crippen molar-refractivity contribution in [2.75, 3.05) is 0 Å². The van der Waals surface area contributed by atoms with Crippen molar-refractivity contribution in [3.05, 3.63) is 89.7 Å². The second-order valence-electron chi connectivity index (χ2n) is 10.1. The van der Waals surface area contributed by atoms with Gasteiger partial charge in [0.25, 0.3) is 10.0 Å². The highest BCUT2D eigenvalue weighted by Crippen LogP contribution is 2.37. The van der Waals surface area contributed by atoms with Crippen molar-refractivity contribution in [1.82, 2.24) is 8.96 Å². The van der Waals surface area contributed by atoms with Gasteiger partial charge in [0.15, 0.2) is 5.65 Å². The van der Waals surface area contributed by atoms with Gasteiger partial charge in [-0.3, -0.25) is 0 Å². The van der Waals surface area contributed by atoms with Crippen LogP contribution >= 0.6 is 0 Å². The number of pyridine rings is 1. The van der Waals surface area contributed by atoms with Gasteiger partial charge in [-0.25, -0.2) is 17.4 Å². The molecule has 0 saturated carbocycles. The number of fused-ring (bicyclic) bond motifs is 1. The van der Waals surface area contributed by atoms with Crippen molar-refractivity contribution in [2.45, 2.75) is 64.6 Å². The fourth-order valence-corrected chi connectivity index (χ4v) is 5.82. The lowest BCUT2D eigenvalue weighted by Crippen LogP contribution is -2.41. The molecule has 0 bridgehead atoms. The molecule has 188 valence electrons. The molecule has 0 N–H and O–H groups in total. The predicted octanol–water partition coefficient (Wildman–Crippen LogP) is 5.11. The van der Waals surface area contributed by atoms with Gasteiger partial charge in [-0.1, -0.05) is 55.5 Å². The van der Waals surface area contributed by atoms with Crippen LogP contribution < -0.4 is 5.46 Å². The maximum Gasteiger partial charge on any atom is 0.495 e. The van der Waals surface area contributed by atoms with Crippen molar-refractivity contribution in [3.8, 4) is 0 Å². The van der Waals surface area contributed by atoms with E-state index in [1.807, 2.05) is 77.1 Å². The summed E-state index contributed by atoms with van der Waals surface area (Å²) in [5.74, 6) is 0. The molecule has 5 rings (SSSR count). The fourth-order valence-electron chi connectivity index (χ4n) is 4.33. The van der Waals surface area contributed by atoms with Gasteiger partial charge in [-0.05, 0) is 69.9 Å². The zero-order chi connectivity index (χ0) is 25.0. The number of aryl methyl sites for hydroxylation is 1. The number of aromatic nitrogens is 2. The van der Waals surface area contributed by atoms with Gasteiger partial charge < -0.3 is 9.31 Å². The Morgan fingerprint density at radius 1 is 0.917 bits per heavy atom. The number of nitrogens with zero attached hydrogens (tertiary/aromatic N) is 2. The van der Waals surface area contributed by atoms with Gasteiger partial charge in [0.2, 0.25) is 0 Å². The number of hydrogen-bond donors (Lipinski definition) is 0. The van der Waals surface area contributed by atoms with E-state index < -0.39 is 28.3 Å². The van der Waals surface area contributed by atoms with Crippen LogP contribution in [-0.2, 0) is 25.8 Å². The second-order valence-corrected chi connectivity index (χ2v) is 11.9. The Kier molecular flexibility index (Phi) is 6.66. The molecule has 0 spiro atoms. The Morgan fingerprint density at radius 3 is 2.14 bits per heavy atom. The van der Waals surface area contributed by atoms with Gasteiger partial charge in [-0.15, -0.1) is 0 Å². The van der Waals surface area contributed by atoms with E-state index in [0.29, 0.717) is 23.1 Å². The van der Waals surface area contributed by atoms with Gasteiger partial charge in [0.1, 0.15) is 0 Å². The molecule has 2 aromatic carbocycles. The fraction of sp³-hybridized carbons (Fsp3) is 0.321. The van der Waals surface area contributed by atoms with Crippen molar-refractivity contribution < 1.29 is 17.7 Å². The van der Waals surface area contributed by atoms with Gasteiger partial charge in [-0.2, -0.15) is 0 Å². The van der Waals surface area contributed by atoms with Crippen molar-refractivity contribution in [1.29, 1.82) is 0 Å². The van der Waals surface area contributed by atoms with E-state index in [-0.39, 0.29) is 12.3 Å². The lowest BCUT2D eigenvalue weighted by atomic mass is 9.78. The summed E-state index contributed by atoms with van der Waals surface area (Å²) >= 11 is 0. The normalized spacial score (nSPS) is 16.8. The molecule has 8 heteroatoms. The SMILES string of the molecule is C.Cc1ccc(S(=O)(=O)n2c(Cc3ccccc3)cc3c(B4OC(C)(C)C(C)(C)O4)ccnc32)cc1. The monoisotopic (exact) mass is 504 g/mol. The number of benzene rings is 2. The molecule has 1 fully saturated rings. The van der Waals surface area contributed by atoms with Gasteiger partial charge in [0, 0.05) is 23.7 Å². The van der Waals surface area contributed by atoms with Crippen LogP contribution in [0.25, 0.3) is 11.0 Å². The summed E-state index contributed by atoms with van der Waals surface area (Å²) in [6, 6.07) is 20.5. The molecule has 6 nitrogen and oxygen atoms in total. The molecule has 36 heavy (non-hydrogen) atoms. The zero-order valence-corrected chi connectivity index (χ0v) is 21.5. The Balaban J connectivity index is 0.00000304. The number of hydrogen-bond acceptors (Lipinski definition) is 5. The lowest BCUT2D eigenvalue weighted by molar-refractivity contribution is 0.00578. The Labute approximate surface area is 214 Å². The minimum Gasteiger partial charge on any atom is -0.399 e. The maximum absolute atomic E-state index is 13.9. The van der Waals surface area contributed by atoms with Gasteiger partial charge >= 0.3 is 7.12 Å². The third-order valence-electron chi connectivity index (χ3n) is 7.06. The van der Waals surface area contributed by atoms with E-state index in [9.17, 15) is 8.42 Å². The van der Waals surface area contributed by atoms with E-state index in [1.54, 1.807) is 30.5 Å². The average molecular weight is 504 g/mol. The average Bonchev–Trinajstić information content (AvgIpc) is 3.27. The Hall–Kier alpha value is -2.94. The summed E-state index contributed by atoms with van der Waals surface area (Å²) in [5, 5.41) is 0.701. The van der Waals surface area contributed by atoms with E-state index in [2.05, 4.69) is 4.98 Å². The molecule has 2 aromatic heterocycles. The lowest BCUT2D eigenvalue weighted by Gasteiger charge is -2.32. The number of rotatable bonds is 5. The zero-order valence-electron chi connectivity index (χ0n) is 20.6. The quantitative estimate of drug-likeness (QED) is 0.354. The molecule has 0 radical (unpaired) electrons. The molecule has 0 unspecified atom stereocenters. The molecular formula is C28H33BN2O4S. The van der Waals surface area contributed by atoms with Crippen LogP contribution in [0.1, 0.15) is 51.9 Å². The third kappa shape index (κ3) is 4.38. The summed E-state index contributed by atoms with van der Waals surface area (Å²) in [7, 11) is -4.53. The van der Waals surface area contributed by atoms with Gasteiger partial charge in [0.05, 0.1) is 16.1 Å². The highest BCUT2D eigenvalue weighted by molar-refractivity contribution is 7.90. The minimum atomic E-state index is -3.90. The first-order chi connectivity index (χ1) is 16.5. The molecular weight excluding hydrogens is 471 g/mol. The first kappa shape index (κ1) is 26.1. The summed E-state index contributed by atoms with van der Waals surface area (Å²) in [6.07, 6.45) is 2.06. The molecule has 0 atom stereocenters. The molecule has 1 aliphatic rings. The van der Waals surface area contributed by atoms with E-state index in [1.165, 1.54) is 3.97 Å². The summed E-state index contributed by atoms with van der Waals surface area (Å²) in [4.78, 5) is 4.75. The Morgan fingerprint density at radius 2 is 1.53 bits per heavy atom. The predicted molar refractivity (Wildman–Crippen MR) is 145 cm³/mol. The highest BCUT2D eigenvalue weighted by atomic mass is 32.2. The van der Waals surface area contributed by atoms with Crippen LogP contribution in [0.15, 0.2) is 77.8 Å². The first-order valence-corrected chi connectivity index (χ1v) is 13.1. The molecule has 0 aliphatic carbocycles.